The van der Waals surface area contributed by atoms with Crippen molar-refractivity contribution in [2.45, 2.75) is 51.6 Å². The molecule has 2 saturated heterocycles. The number of benzene rings is 1. The summed E-state index contributed by atoms with van der Waals surface area (Å²) in [7, 11) is 0. The lowest BCUT2D eigenvalue weighted by Crippen LogP contribution is -2.52. The fraction of sp³-hybridized carbons (Fsp3) is 0.640. The van der Waals surface area contributed by atoms with Crippen molar-refractivity contribution in [3.8, 4) is 0 Å². The normalized spacial score (nSPS) is 28.0. The molecule has 0 aliphatic carbocycles. The van der Waals surface area contributed by atoms with Gasteiger partial charge in [-0.25, -0.2) is 4.98 Å². The largest absolute Gasteiger partial charge is 0.429 e. The Hall–Kier alpha value is -2.05. The van der Waals surface area contributed by atoms with Gasteiger partial charge in [-0.05, 0) is 68.7 Å². The monoisotopic (exact) mass is 424 g/mol. The van der Waals surface area contributed by atoms with Crippen LogP contribution < -0.4 is 10.2 Å². The number of nitrogens with one attached hydrogen (secondary N) is 1. The van der Waals surface area contributed by atoms with Gasteiger partial charge in [-0.15, -0.1) is 0 Å². The zero-order valence-corrected chi connectivity index (χ0v) is 19.1. The van der Waals surface area contributed by atoms with Gasteiger partial charge in [-0.3, -0.25) is 0 Å². The summed E-state index contributed by atoms with van der Waals surface area (Å²) in [6.45, 7) is 12.2. The van der Waals surface area contributed by atoms with Crippen LogP contribution >= 0.6 is 0 Å². The Morgan fingerprint density at radius 3 is 2.77 bits per heavy atom. The number of aliphatic hydroxyl groups is 1. The summed E-state index contributed by atoms with van der Waals surface area (Å²) in [5.74, 6) is 1.78. The molecule has 31 heavy (non-hydrogen) atoms. The van der Waals surface area contributed by atoms with Crippen LogP contribution in [0.1, 0.15) is 43.1 Å². The van der Waals surface area contributed by atoms with Crippen molar-refractivity contribution in [1.82, 2.24) is 9.88 Å². The summed E-state index contributed by atoms with van der Waals surface area (Å²) >= 11 is 0. The number of aryl methyl sites for hydroxylation is 2. The number of hydrogen-bond acceptors (Lipinski definition) is 6. The van der Waals surface area contributed by atoms with Gasteiger partial charge in [0, 0.05) is 43.8 Å². The van der Waals surface area contributed by atoms with E-state index in [1.165, 1.54) is 16.8 Å². The summed E-state index contributed by atoms with van der Waals surface area (Å²) in [6, 6.07) is 7.61. The van der Waals surface area contributed by atoms with Crippen LogP contribution in [-0.4, -0.2) is 60.4 Å². The summed E-state index contributed by atoms with van der Waals surface area (Å²) in [5.41, 5.74) is 4.39. The molecule has 168 valence electrons. The Labute approximate surface area is 185 Å². The van der Waals surface area contributed by atoms with E-state index in [2.05, 4.69) is 52.1 Å². The number of hydrogen-bond donors (Lipinski definition) is 2. The Bertz CT molecular complexity index is 920. The molecule has 0 bridgehead atoms. The van der Waals surface area contributed by atoms with Crippen molar-refractivity contribution in [2.24, 2.45) is 11.8 Å². The summed E-state index contributed by atoms with van der Waals surface area (Å²) in [5, 5.41) is 14.7. The van der Waals surface area contributed by atoms with Gasteiger partial charge in [-0.1, -0.05) is 19.1 Å². The van der Waals surface area contributed by atoms with Crippen molar-refractivity contribution >= 4 is 11.7 Å². The predicted octanol–water partition coefficient (Wildman–Crippen LogP) is 3.57. The van der Waals surface area contributed by atoms with E-state index in [1.54, 1.807) is 6.20 Å². The van der Waals surface area contributed by atoms with E-state index in [9.17, 15) is 5.11 Å². The van der Waals surface area contributed by atoms with Gasteiger partial charge in [0.2, 0.25) is 0 Å². The lowest BCUT2D eigenvalue weighted by atomic mass is 9.67. The summed E-state index contributed by atoms with van der Waals surface area (Å²) in [4.78, 5) is 9.05. The number of rotatable bonds is 4. The van der Waals surface area contributed by atoms with Crippen LogP contribution in [0.5, 0.6) is 0 Å². The zero-order chi connectivity index (χ0) is 21.6. The molecule has 4 heterocycles. The highest BCUT2D eigenvalue weighted by atomic mass is 16.4. The molecule has 0 radical (unpaired) electrons. The lowest BCUT2D eigenvalue weighted by molar-refractivity contribution is 0.0242. The molecule has 3 aliphatic rings. The van der Waals surface area contributed by atoms with Crippen LogP contribution in [0.3, 0.4) is 0 Å². The average molecular weight is 425 g/mol. The van der Waals surface area contributed by atoms with Crippen LogP contribution in [0, 0.1) is 25.7 Å². The number of likely N-dealkylation sites (tertiary alicyclic amines) is 1. The van der Waals surface area contributed by atoms with Crippen molar-refractivity contribution in [1.29, 1.82) is 0 Å². The molecule has 3 unspecified atom stereocenters. The SMILES string of the molecule is Cc1ccc2c(c1)NCC21CCN(CC(O)C2CCN(c3ncc(C)o3)CC2)CC1C. The van der Waals surface area contributed by atoms with E-state index in [4.69, 9.17) is 4.42 Å². The number of piperidine rings is 2. The van der Waals surface area contributed by atoms with Crippen LogP contribution in [0.4, 0.5) is 11.7 Å². The molecule has 6 heteroatoms. The molecule has 0 amide bonds. The highest BCUT2D eigenvalue weighted by molar-refractivity contribution is 5.62. The molecule has 1 aromatic carbocycles. The van der Waals surface area contributed by atoms with Crippen molar-refractivity contribution in [3.63, 3.8) is 0 Å². The molecule has 1 aromatic heterocycles. The fourth-order valence-corrected chi connectivity index (χ4v) is 6.05. The first-order valence-electron chi connectivity index (χ1n) is 11.9. The van der Waals surface area contributed by atoms with Crippen molar-refractivity contribution in [2.75, 3.05) is 49.5 Å². The van der Waals surface area contributed by atoms with E-state index < -0.39 is 0 Å². The molecule has 0 saturated carbocycles. The van der Waals surface area contributed by atoms with Gasteiger partial charge >= 0.3 is 0 Å². The topological polar surface area (TPSA) is 64.8 Å². The molecule has 1 spiro atoms. The highest BCUT2D eigenvalue weighted by Crippen LogP contribution is 2.47. The molecular weight excluding hydrogens is 388 g/mol. The van der Waals surface area contributed by atoms with Gasteiger partial charge in [0.15, 0.2) is 0 Å². The molecular formula is C25H36N4O2. The Morgan fingerprint density at radius 1 is 1.26 bits per heavy atom. The predicted molar refractivity (Wildman–Crippen MR) is 124 cm³/mol. The number of aliphatic hydroxyl groups excluding tert-OH is 1. The number of β-amino-alcohol motifs (C(OH)–C–C–N with tert-alkyl or cyclic N) is 1. The van der Waals surface area contributed by atoms with E-state index in [1.807, 2.05) is 6.92 Å². The van der Waals surface area contributed by atoms with Crippen LogP contribution in [0.15, 0.2) is 28.8 Å². The molecule has 5 rings (SSSR count). The van der Waals surface area contributed by atoms with Crippen LogP contribution in [-0.2, 0) is 5.41 Å². The number of fused-ring (bicyclic) bond motifs is 2. The first-order valence-corrected chi connectivity index (χ1v) is 11.9. The van der Waals surface area contributed by atoms with E-state index in [0.717, 1.165) is 70.3 Å². The minimum atomic E-state index is -0.258. The van der Waals surface area contributed by atoms with E-state index >= 15 is 0 Å². The quantitative estimate of drug-likeness (QED) is 0.782. The first-order chi connectivity index (χ1) is 14.9. The molecule has 2 fully saturated rings. The summed E-state index contributed by atoms with van der Waals surface area (Å²) in [6.07, 6.45) is 4.66. The molecule has 2 aromatic rings. The zero-order valence-electron chi connectivity index (χ0n) is 19.1. The van der Waals surface area contributed by atoms with E-state index in [-0.39, 0.29) is 11.5 Å². The van der Waals surface area contributed by atoms with Gasteiger partial charge in [0.1, 0.15) is 5.76 Å². The van der Waals surface area contributed by atoms with Gasteiger partial charge < -0.3 is 24.6 Å². The summed E-state index contributed by atoms with van der Waals surface area (Å²) < 4.78 is 5.67. The molecule has 3 aliphatic heterocycles. The third kappa shape index (κ3) is 3.85. The second-order valence-electron chi connectivity index (χ2n) is 10.1. The minimum absolute atomic E-state index is 0.240. The Morgan fingerprint density at radius 2 is 2.06 bits per heavy atom. The fourth-order valence-electron chi connectivity index (χ4n) is 6.05. The number of oxazole rings is 1. The first kappa shape index (κ1) is 20.8. The van der Waals surface area contributed by atoms with Crippen LogP contribution in [0.2, 0.25) is 0 Å². The van der Waals surface area contributed by atoms with Crippen LogP contribution in [0.25, 0.3) is 0 Å². The third-order valence-corrected chi connectivity index (χ3v) is 8.06. The maximum atomic E-state index is 11.0. The maximum absolute atomic E-state index is 11.0. The molecule has 3 atom stereocenters. The van der Waals surface area contributed by atoms with Gasteiger partial charge in [0.05, 0.1) is 12.3 Å². The van der Waals surface area contributed by atoms with Crippen molar-refractivity contribution in [3.05, 3.63) is 41.3 Å². The minimum Gasteiger partial charge on any atom is -0.429 e. The second kappa shape index (κ2) is 8.14. The van der Waals surface area contributed by atoms with E-state index in [0.29, 0.717) is 11.8 Å². The lowest BCUT2D eigenvalue weighted by Gasteiger charge is -2.46. The molecule has 6 nitrogen and oxygen atoms in total. The standard InChI is InChI=1S/C25H36N4O2/c1-17-4-5-21-22(12-17)27-16-25(21)8-11-28(14-18(25)2)15-23(30)20-6-9-29(10-7-20)24-26-13-19(3)31-24/h4-5,12-13,18,20,23,27,30H,6-11,14-16H2,1-3H3. The number of anilines is 2. The number of nitrogens with zero attached hydrogens (tertiary/aromatic N) is 3. The average Bonchev–Trinajstić information content (AvgIpc) is 3.35. The Balaban J connectivity index is 1.16. The second-order valence-corrected chi connectivity index (χ2v) is 10.1. The molecule has 2 N–H and O–H groups in total. The highest BCUT2D eigenvalue weighted by Gasteiger charge is 2.46. The van der Waals surface area contributed by atoms with Crippen molar-refractivity contribution < 1.29 is 9.52 Å². The smallest absolute Gasteiger partial charge is 0.297 e. The Kier molecular flexibility index (Phi) is 5.47. The maximum Gasteiger partial charge on any atom is 0.297 e. The number of aromatic nitrogens is 1. The van der Waals surface area contributed by atoms with Gasteiger partial charge in [0.25, 0.3) is 6.01 Å². The third-order valence-electron chi connectivity index (χ3n) is 8.06. The van der Waals surface area contributed by atoms with Gasteiger partial charge in [-0.2, -0.15) is 0 Å².